The number of aryl methyl sites for hydroxylation is 1. The van der Waals surface area contributed by atoms with E-state index in [-0.39, 0.29) is 12.1 Å². The van der Waals surface area contributed by atoms with E-state index in [0.29, 0.717) is 19.6 Å². The highest BCUT2D eigenvalue weighted by atomic mass is 32.1. The van der Waals surface area contributed by atoms with Crippen LogP contribution in [0.25, 0.3) is 0 Å². The van der Waals surface area contributed by atoms with Gasteiger partial charge in [0, 0.05) is 42.5 Å². The van der Waals surface area contributed by atoms with E-state index in [1.165, 1.54) is 9.75 Å². The minimum absolute atomic E-state index is 0.219. The Balaban J connectivity index is 1.92. The molecule has 1 aromatic heterocycles. The number of nitrogens with two attached hydrogens (primary N) is 1. The lowest BCUT2D eigenvalue weighted by molar-refractivity contribution is 0.0108. The van der Waals surface area contributed by atoms with Gasteiger partial charge in [-0.15, -0.1) is 11.3 Å². The number of carbonyl (C=O) groups excluding carboxylic acids is 1. The number of hydrogen-bond donors (Lipinski definition) is 1. The Morgan fingerprint density at radius 2 is 1.95 bits per heavy atom. The maximum absolute atomic E-state index is 12.1. The summed E-state index contributed by atoms with van der Waals surface area (Å²) < 4.78 is 5.43. The van der Waals surface area contributed by atoms with E-state index in [9.17, 15) is 4.79 Å². The fourth-order valence-corrected chi connectivity index (χ4v) is 3.65. The third-order valence-corrected chi connectivity index (χ3v) is 4.82. The third kappa shape index (κ3) is 4.44. The van der Waals surface area contributed by atoms with Crippen molar-refractivity contribution in [1.82, 2.24) is 9.80 Å². The van der Waals surface area contributed by atoms with E-state index in [1.807, 2.05) is 20.8 Å². The van der Waals surface area contributed by atoms with Gasteiger partial charge in [-0.3, -0.25) is 4.90 Å². The predicted molar refractivity (Wildman–Crippen MR) is 90.2 cm³/mol. The molecule has 0 spiro atoms. The highest BCUT2D eigenvalue weighted by Crippen LogP contribution is 2.27. The second kappa shape index (κ2) is 6.98. The van der Waals surface area contributed by atoms with Crippen molar-refractivity contribution in [3.05, 3.63) is 21.9 Å². The van der Waals surface area contributed by atoms with Gasteiger partial charge in [-0.1, -0.05) is 0 Å². The second-order valence-electron chi connectivity index (χ2n) is 6.70. The van der Waals surface area contributed by atoms with Crippen LogP contribution in [0, 0.1) is 6.92 Å². The molecule has 2 N–H and O–H groups in total. The lowest BCUT2D eigenvalue weighted by Gasteiger charge is -2.39. The molecule has 1 aliphatic heterocycles. The predicted octanol–water partition coefficient (Wildman–Crippen LogP) is 2.61. The van der Waals surface area contributed by atoms with Crippen LogP contribution in [0.5, 0.6) is 0 Å². The topological polar surface area (TPSA) is 58.8 Å². The van der Waals surface area contributed by atoms with E-state index in [0.717, 1.165) is 13.1 Å². The SMILES string of the molecule is Cc1ccc(C(CN)N2CCN(C(=O)OC(C)(C)C)CC2)s1. The molecule has 1 unspecified atom stereocenters. The molecular weight excluding hydrogens is 298 g/mol. The third-order valence-electron chi connectivity index (χ3n) is 3.72. The number of amides is 1. The average Bonchev–Trinajstić information content (AvgIpc) is 2.85. The first-order valence-corrected chi connectivity index (χ1v) is 8.60. The lowest BCUT2D eigenvalue weighted by Crippen LogP contribution is -2.51. The summed E-state index contributed by atoms with van der Waals surface area (Å²) in [5.41, 5.74) is 5.54. The maximum Gasteiger partial charge on any atom is 0.410 e. The largest absolute Gasteiger partial charge is 0.444 e. The Hall–Kier alpha value is -1.11. The minimum Gasteiger partial charge on any atom is -0.444 e. The molecular formula is C16H27N3O2S. The number of hydrogen-bond acceptors (Lipinski definition) is 5. The Labute approximate surface area is 137 Å². The molecule has 124 valence electrons. The normalized spacial score (nSPS) is 18.3. The summed E-state index contributed by atoms with van der Waals surface area (Å²) in [7, 11) is 0. The molecule has 6 heteroatoms. The van der Waals surface area contributed by atoms with Crippen molar-refractivity contribution < 1.29 is 9.53 Å². The van der Waals surface area contributed by atoms with Gasteiger partial charge < -0.3 is 15.4 Å². The molecule has 1 fully saturated rings. The lowest BCUT2D eigenvalue weighted by atomic mass is 10.1. The number of rotatable bonds is 3. The van der Waals surface area contributed by atoms with Crippen LogP contribution in [0.3, 0.4) is 0 Å². The first kappa shape index (κ1) is 17.2. The van der Waals surface area contributed by atoms with Crippen molar-refractivity contribution in [2.24, 2.45) is 5.73 Å². The molecule has 0 aromatic carbocycles. The number of nitrogens with zero attached hydrogens (tertiary/aromatic N) is 2. The van der Waals surface area contributed by atoms with Crippen LogP contribution in [-0.4, -0.2) is 54.2 Å². The van der Waals surface area contributed by atoms with Crippen LogP contribution in [0.4, 0.5) is 4.79 Å². The molecule has 1 aliphatic rings. The van der Waals surface area contributed by atoms with Gasteiger partial charge in [0.1, 0.15) is 5.60 Å². The summed E-state index contributed by atoms with van der Waals surface area (Å²) in [5.74, 6) is 0. The first-order chi connectivity index (χ1) is 10.3. The van der Waals surface area contributed by atoms with Crippen molar-refractivity contribution in [3.63, 3.8) is 0 Å². The fourth-order valence-electron chi connectivity index (χ4n) is 2.62. The molecule has 22 heavy (non-hydrogen) atoms. The van der Waals surface area contributed by atoms with E-state index in [1.54, 1.807) is 16.2 Å². The van der Waals surface area contributed by atoms with Crippen LogP contribution in [0.2, 0.25) is 0 Å². The van der Waals surface area contributed by atoms with E-state index in [2.05, 4.69) is 24.0 Å². The molecule has 2 heterocycles. The zero-order valence-electron chi connectivity index (χ0n) is 14.0. The van der Waals surface area contributed by atoms with Gasteiger partial charge in [-0.05, 0) is 39.8 Å². The van der Waals surface area contributed by atoms with Gasteiger partial charge >= 0.3 is 6.09 Å². The van der Waals surface area contributed by atoms with E-state index in [4.69, 9.17) is 10.5 Å². The Bertz CT molecular complexity index is 502. The zero-order valence-corrected chi connectivity index (χ0v) is 14.8. The standard InChI is InChI=1S/C16H27N3O2S/c1-12-5-6-14(22-12)13(11-17)18-7-9-19(10-8-18)15(20)21-16(2,3)4/h5-6,13H,7-11,17H2,1-4H3. The van der Waals surface area contributed by atoms with Gasteiger partial charge in [0.15, 0.2) is 0 Å². The van der Waals surface area contributed by atoms with Gasteiger partial charge in [0.05, 0.1) is 6.04 Å². The summed E-state index contributed by atoms with van der Waals surface area (Å²) in [6.07, 6.45) is -0.219. The van der Waals surface area contributed by atoms with Crippen molar-refractivity contribution in [2.75, 3.05) is 32.7 Å². The van der Waals surface area contributed by atoms with Crippen molar-refractivity contribution in [2.45, 2.75) is 39.3 Å². The molecule has 1 amide bonds. The molecule has 2 rings (SSSR count). The van der Waals surface area contributed by atoms with E-state index < -0.39 is 5.60 Å². The average molecular weight is 325 g/mol. The highest BCUT2D eigenvalue weighted by Gasteiger charge is 2.29. The molecule has 0 bridgehead atoms. The number of piperazine rings is 1. The smallest absolute Gasteiger partial charge is 0.410 e. The van der Waals surface area contributed by atoms with Gasteiger partial charge in [-0.2, -0.15) is 0 Å². The van der Waals surface area contributed by atoms with Crippen LogP contribution < -0.4 is 5.73 Å². The molecule has 0 saturated carbocycles. The van der Waals surface area contributed by atoms with Crippen molar-refractivity contribution >= 4 is 17.4 Å². The molecule has 5 nitrogen and oxygen atoms in total. The zero-order chi connectivity index (χ0) is 16.3. The Morgan fingerprint density at radius 3 is 2.41 bits per heavy atom. The highest BCUT2D eigenvalue weighted by molar-refractivity contribution is 7.12. The minimum atomic E-state index is -0.442. The van der Waals surface area contributed by atoms with Gasteiger partial charge in [-0.25, -0.2) is 4.79 Å². The summed E-state index contributed by atoms with van der Waals surface area (Å²) in [4.78, 5) is 18.9. The molecule has 1 saturated heterocycles. The maximum atomic E-state index is 12.1. The molecule has 0 radical (unpaired) electrons. The first-order valence-electron chi connectivity index (χ1n) is 7.78. The summed E-state index contributed by atoms with van der Waals surface area (Å²) in [5, 5.41) is 0. The monoisotopic (exact) mass is 325 g/mol. The molecule has 1 aromatic rings. The van der Waals surface area contributed by atoms with Crippen molar-refractivity contribution in [1.29, 1.82) is 0 Å². The van der Waals surface area contributed by atoms with Crippen LogP contribution >= 0.6 is 11.3 Å². The Morgan fingerprint density at radius 1 is 1.32 bits per heavy atom. The second-order valence-corrected chi connectivity index (χ2v) is 8.02. The summed E-state index contributed by atoms with van der Waals surface area (Å²) in [6.45, 7) is 11.4. The van der Waals surface area contributed by atoms with Gasteiger partial charge in [0.25, 0.3) is 0 Å². The van der Waals surface area contributed by atoms with Crippen LogP contribution in [-0.2, 0) is 4.74 Å². The fraction of sp³-hybridized carbons (Fsp3) is 0.688. The summed E-state index contributed by atoms with van der Waals surface area (Å²) in [6, 6.07) is 4.55. The van der Waals surface area contributed by atoms with Crippen molar-refractivity contribution in [3.8, 4) is 0 Å². The number of ether oxygens (including phenoxy) is 1. The molecule has 0 aliphatic carbocycles. The van der Waals surface area contributed by atoms with E-state index >= 15 is 0 Å². The van der Waals surface area contributed by atoms with Crippen LogP contribution in [0.1, 0.15) is 36.6 Å². The quantitative estimate of drug-likeness (QED) is 0.928. The number of carbonyl (C=O) groups is 1. The number of thiophene rings is 1. The van der Waals surface area contributed by atoms with Gasteiger partial charge in [0.2, 0.25) is 0 Å². The van der Waals surface area contributed by atoms with Crippen LogP contribution in [0.15, 0.2) is 12.1 Å². The molecule has 1 atom stereocenters. The Kier molecular flexibility index (Phi) is 5.47. The summed E-state index contributed by atoms with van der Waals surface area (Å²) >= 11 is 1.80.